The quantitative estimate of drug-likeness (QED) is 0.543. The van der Waals surface area contributed by atoms with Gasteiger partial charge in [0.2, 0.25) is 0 Å². The standard InChI is InChI=1S/C10H16O6/c1-4(11)3-15-5-2-6-7(5)8(12)9(13)10(14)16-6/h4-7,9-11,13-14H,2-3H2,1H3/t4?,5?,6-,7-,9-,10+/m0/s1. The van der Waals surface area contributed by atoms with E-state index in [1.165, 1.54) is 0 Å². The largest absolute Gasteiger partial charge is 0.391 e. The lowest BCUT2D eigenvalue weighted by atomic mass is 9.72. The van der Waals surface area contributed by atoms with E-state index >= 15 is 0 Å². The molecule has 1 saturated heterocycles. The van der Waals surface area contributed by atoms with E-state index < -0.39 is 30.2 Å². The number of carbonyl (C=O) groups is 1. The normalized spacial score (nSPS) is 44.8. The average Bonchev–Trinajstić information content (AvgIpc) is 2.18. The summed E-state index contributed by atoms with van der Waals surface area (Å²) in [5, 5.41) is 27.6. The van der Waals surface area contributed by atoms with Gasteiger partial charge in [0.1, 0.15) is 0 Å². The van der Waals surface area contributed by atoms with Gasteiger partial charge in [0.25, 0.3) is 0 Å². The second kappa shape index (κ2) is 4.38. The number of Topliss-reactive ketones (excluding diaryl/α,β-unsaturated/α-hetero) is 1. The van der Waals surface area contributed by atoms with E-state index in [0.717, 1.165) is 0 Å². The van der Waals surface area contributed by atoms with Crippen LogP contribution in [0.1, 0.15) is 13.3 Å². The molecule has 6 nitrogen and oxygen atoms in total. The zero-order valence-electron chi connectivity index (χ0n) is 8.94. The zero-order chi connectivity index (χ0) is 11.9. The van der Waals surface area contributed by atoms with Crippen LogP contribution in [0.15, 0.2) is 0 Å². The van der Waals surface area contributed by atoms with Crippen LogP contribution in [0.25, 0.3) is 0 Å². The Morgan fingerprint density at radius 2 is 2.25 bits per heavy atom. The number of rotatable bonds is 3. The van der Waals surface area contributed by atoms with Crippen molar-refractivity contribution in [1.29, 1.82) is 0 Å². The van der Waals surface area contributed by atoms with Gasteiger partial charge < -0.3 is 24.8 Å². The third-order valence-corrected chi connectivity index (χ3v) is 3.02. The minimum Gasteiger partial charge on any atom is -0.391 e. The summed E-state index contributed by atoms with van der Waals surface area (Å²) in [4.78, 5) is 11.6. The van der Waals surface area contributed by atoms with E-state index in [2.05, 4.69) is 0 Å². The predicted molar refractivity (Wildman–Crippen MR) is 51.4 cm³/mol. The molecule has 6 heteroatoms. The fourth-order valence-corrected chi connectivity index (χ4v) is 2.10. The van der Waals surface area contributed by atoms with Gasteiger partial charge in [-0.1, -0.05) is 0 Å². The first kappa shape index (κ1) is 11.9. The smallest absolute Gasteiger partial charge is 0.188 e. The van der Waals surface area contributed by atoms with Crippen LogP contribution >= 0.6 is 0 Å². The molecule has 0 spiro atoms. The summed E-state index contributed by atoms with van der Waals surface area (Å²) in [6, 6.07) is 0. The van der Waals surface area contributed by atoms with E-state index in [-0.39, 0.29) is 18.8 Å². The number of hydrogen-bond donors (Lipinski definition) is 3. The van der Waals surface area contributed by atoms with Crippen molar-refractivity contribution in [3.05, 3.63) is 0 Å². The number of carbonyl (C=O) groups excluding carboxylic acids is 1. The van der Waals surface area contributed by atoms with E-state index in [0.29, 0.717) is 6.42 Å². The third kappa shape index (κ3) is 1.99. The Kier molecular flexibility index (Phi) is 3.27. The van der Waals surface area contributed by atoms with Crippen molar-refractivity contribution in [3.8, 4) is 0 Å². The first-order valence-corrected chi connectivity index (χ1v) is 5.35. The molecule has 1 aliphatic heterocycles. The molecular formula is C10H16O6. The van der Waals surface area contributed by atoms with E-state index in [1.54, 1.807) is 6.92 Å². The van der Waals surface area contributed by atoms with Crippen molar-refractivity contribution in [2.45, 2.75) is 44.1 Å². The van der Waals surface area contributed by atoms with Crippen LogP contribution in [0.5, 0.6) is 0 Å². The van der Waals surface area contributed by atoms with Crippen LogP contribution in [0.4, 0.5) is 0 Å². The van der Waals surface area contributed by atoms with E-state index in [4.69, 9.17) is 14.6 Å². The molecule has 2 unspecified atom stereocenters. The Balaban J connectivity index is 1.92. The molecule has 1 saturated carbocycles. The van der Waals surface area contributed by atoms with Gasteiger partial charge >= 0.3 is 0 Å². The maximum Gasteiger partial charge on any atom is 0.188 e. The van der Waals surface area contributed by atoms with Crippen molar-refractivity contribution in [2.24, 2.45) is 5.92 Å². The van der Waals surface area contributed by atoms with Crippen molar-refractivity contribution >= 4 is 5.78 Å². The first-order chi connectivity index (χ1) is 7.50. The molecule has 1 heterocycles. The number of aliphatic hydroxyl groups excluding tert-OH is 3. The monoisotopic (exact) mass is 232 g/mol. The molecule has 2 rings (SSSR count). The maximum atomic E-state index is 11.6. The molecule has 0 aromatic heterocycles. The SMILES string of the molecule is CC(O)COC1C[C@@H]2O[C@@H](O)[C@@H](O)C(=O)[C@@H]12. The molecule has 0 aromatic carbocycles. The first-order valence-electron chi connectivity index (χ1n) is 5.35. The number of fused-ring (bicyclic) bond motifs is 1. The Bertz CT molecular complexity index is 278. The molecule has 0 radical (unpaired) electrons. The van der Waals surface area contributed by atoms with Crippen LogP contribution in [0.2, 0.25) is 0 Å². The molecule has 92 valence electrons. The summed E-state index contributed by atoms with van der Waals surface area (Å²) >= 11 is 0. The molecule has 2 aliphatic rings. The fraction of sp³-hybridized carbons (Fsp3) is 0.900. The summed E-state index contributed by atoms with van der Waals surface area (Å²) in [6.07, 6.45) is -3.69. The van der Waals surface area contributed by atoms with Crippen molar-refractivity contribution < 1.29 is 29.6 Å². The van der Waals surface area contributed by atoms with Gasteiger partial charge in [-0.3, -0.25) is 4.79 Å². The van der Waals surface area contributed by atoms with Gasteiger partial charge in [-0.05, 0) is 6.92 Å². The van der Waals surface area contributed by atoms with Crippen LogP contribution in [0, 0.1) is 5.92 Å². The van der Waals surface area contributed by atoms with Crippen molar-refractivity contribution in [2.75, 3.05) is 6.61 Å². The van der Waals surface area contributed by atoms with Gasteiger partial charge in [0, 0.05) is 6.42 Å². The number of aliphatic hydroxyl groups is 3. The van der Waals surface area contributed by atoms with Gasteiger partial charge in [0.15, 0.2) is 18.2 Å². The highest BCUT2D eigenvalue weighted by atomic mass is 16.6. The maximum absolute atomic E-state index is 11.6. The lowest BCUT2D eigenvalue weighted by Gasteiger charge is -2.48. The molecule has 0 aromatic rings. The van der Waals surface area contributed by atoms with Crippen molar-refractivity contribution in [1.82, 2.24) is 0 Å². The Hall–Kier alpha value is -0.530. The number of ether oxygens (including phenoxy) is 2. The molecule has 3 N–H and O–H groups in total. The summed E-state index contributed by atoms with van der Waals surface area (Å²) in [6.45, 7) is 1.74. The van der Waals surface area contributed by atoms with Crippen LogP contribution in [-0.2, 0) is 14.3 Å². The van der Waals surface area contributed by atoms with Gasteiger partial charge in [0.05, 0.1) is 30.8 Å². The molecular weight excluding hydrogens is 216 g/mol. The van der Waals surface area contributed by atoms with Crippen LogP contribution in [-0.4, -0.2) is 58.4 Å². The van der Waals surface area contributed by atoms with Crippen LogP contribution < -0.4 is 0 Å². The Morgan fingerprint density at radius 3 is 2.88 bits per heavy atom. The Labute approximate surface area is 92.8 Å². The highest BCUT2D eigenvalue weighted by Crippen LogP contribution is 2.39. The minimum absolute atomic E-state index is 0.153. The molecule has 2 fully saturated rings. The lowest BCUT2D eigenvalue weighted by molar-refractivity contribution is -0.267. The van der Waals surface area contributed by atoms with Gasteiger partial charge in [-0.2, -0.15) is 0 Å². The molecule has 6 atom stereocenters. The topological polar surface area (TPSA) is 96.2 Å². The average molecular weight is 232 g/mol. The third-order valence-electron chi connectivity index (χ3n) is 3.02. The van der Waals surface area contributed by atoms with E-state index in [1.807, 2.05) is 0 Å². The number of hydrogen-bond acceptors (Lipinski definition) is 6. The molecule has 1 aliphatic carbocycles. The fourth-order valence-electron chi connectivity index (χ4n) is 2.10. The summed E-state index contributed by atoms with van der Waals surface area (Å²) in [5.41, 5.74) is 0. The van der Waals surface area contributed by atoms with Crippen LogP contribution in [0.3, 0.4) is 0 Å². The molecule has 16 heavy (non-hydrogen) atoms. The number of ketones is 1. The van der Waals surface area contributed by atoms with Gasteiger partial charge in [-0.25, -0.2) is 0 Å². The zero-order valence-corrected chi connectivity index (χ0v) is 8.94. The summed E-state index contributed by atoms with van der Waals surface area (Å²) in [7, 11) is 0. The minimum atomic E-state index is -1.49. The molecule has 0 amide bonds. The summed E-state index contributed by atoms with van der Waals surface area (Å²) < 4.78 is 10.4. The highest BCUT2D eigenvalue weighted by Gasteiger charge is 2.54. The summed E-state index contributed by atoms with van der Waals surface area (Å²) in [5.74, 6) is -0.956. The highest BCUT2D eigenvalue weighted by molar-refractivity contribution is 5.88. The Morgan fingerprint density at radius 1 is 1.56 bits per heavy atom. The van der Waals surface area contributed by atoms with E-state index in [9.17, 15) is 15.0 Å². The van der Waals surface area contributed by atoms with Gasteiger partial charge in [-0.15, -0.1) is 0 Å². The lowest BCUT2D eigenvalue weighted by Crippen LogP contribution is -2.63. The second-order valence-electron chi connectivity index (χ2n) is 4.39. The predicted octanol–water partition coefficient (Wildman–Crippen LogP) is -1.58. The second-order valence-corrected chi connectivity index (χ2v) is 4.39. The molecule has 0 bridgehead atoms. The van der Waals surface area contributed by atoms with Crippen molar-refractivity contribution in [3.63, 3.8) is 0 Å².